The number of hydrogen-bond acceptors (Lipinski definition) is 5. The first-order chi connectivity index (χ1) is 15.6. The fraction of sp³-hybridized carbons (Fsp3) is 0.500. The molecule has 2 rings (SSSR count). The smallest absolute Gasteiger partial charge is 0.419 e. The fourth-order valence-electron chi connectivity index (χ4n) is 3.30. The molecule has 1 aromatic heterocycles. The molecule has 0 aliphatic rings. The van der Waals surface area contributed by atoms with Crippen LogP contribution in [0.3, 0.4) is 0 Å². The number of H-pyrrole nitrogens is 1. The quantitative estimate of drug-likeness (QED) is 0.488. The van der Waals surface area contributed by atoms with Crippen molar-refractivity contribution in [2.24, 2.45) is 0 Å². The maximum absolute atomic E-state index is 13.2. The summed E-state index contributed by atoms with van der Waals surface area (Å²) in [6, 6.07) is 4.55. The number of halogens is 3. The van der Waals surface area contributed by atoms with Crippen LogP contribution in [-0.2, 0) is 17.5 Å². The van der Waals surface area contributed by atoms with Gasteiger partial charge in [-0.25, -0.2) is 4.79 Å². The van der Waals surface area contributed by atoms with Crippen molar-refractivity contribution in [3.63, 3.8) is 0 Å². The molecule has 8 nitrogen and oxygen atoms in total. The van der Waals surface area contributed by atoms with E-state index in [1.165, 1.54) is 16.7 Å². The lowest BCUT2D eigenvalue weighted by Gasteiger charge is -2.25. The van der Waals surface area contributed by atoms with Crippen molar-refractivity contribution in [2.45, 2.75) is 58.7 Å². The Morgan fingerprint density at radius 3 is 2.42 bits per heavy atom. The zero-order valence-corrected chi connectivity index (χ0v) is 18.7. The lowest BCUT2D eigenvalue weighted by atomic mass is 10.2. The maximum atomic E-state index is 13.2. The van der Waals surface area contributed by atoms with Crippen molar-refractivity contribution >= 4 is 17.4 Å². The molecule has 33 heavy (non-hydrogen) atoms. The summed E-state index contributed by atoms with van der Waals surface area (Å²) in [5, 5.41) is 0. The molecule has 0 unspecified atom stereocenters. The minimum atomic E-state index is -4.66. The van der Waals surface area contributed by atoms with Gasteiger partial charge in [0.1, 0.15) is 11.6 Å². The summed E-state index contributed by atoms with van der Waals surface area (Å²) in [6.07, 6.45) is -1.16. The molecule has 182 valence electrons. The summed E-state index contributed by atoms with van der Waals surface area (Å²) in [6.45, 7) is 3.47. The molecule has 3 N–H and O–H groups in total. The second-order valence-electron chi connectivity index (χ2n) is 7.53. The van der Waals surface area contributed by atoms with Gasteiger partial charge in [0.05, 0.1) is 5.56 Å². The second kappa shape index (κ2) is 11.6. The van der Waals surface area contributed by atoms with E-state index in [-0.39, 0.29) is 24.6 Å². The fourth-order valence-corrected chi connectivity index (χ4v) is 3.30. The molecular weight excluding hydrogens is 441 g/mol. The SMILES string of the molecule is CCCCCN(C(=O)COc1ccccc1C(F)(F)F)c1c(N)n(CCCC)c(=O)[nH]c1=O. The topological polar surface area (TPSA) is 110 Å². The Labute approximate surface area is 189 Å². The molecule has 0 spiro atoms. The van der Waals surface area contributed by atoms with Crippen LogP contribution in [0.1, 0.15) is 51.5 Å². The van der Waals surface area contributed by atoms with Crippen LogP contribution in [0.2, 0.25) is 0 Å². The molecule has 0 fully saturated rings. The van der Waals surface area contributed by atoms with Gasteiger partial charge in [-0.05, 0) is 25.0 Å². The summed E-state index contributed by atoms with van der Waals surface area (Å²) in [5.74, 6) is -1.42. The van der Waals surface area contributed by atoms with Crippen LogP contribution >= 0.6 is 0 Å². The number of benzene rings is 1. The molecule has 1 aromatic carbocycles. The number of unbranched alkanes of at least 4 members (excludes halogenated alkanes) is 3. The number of ether oxygens (including phenoxy) is 1. The number of hydrogen-bond donors (Lipinski definition) is 2. The lowest BCUT2D eigenvalue weighted by Crippen LogP contribution is -2.43. The number of anilines is 2. The van der Waals surface area contributed by atoms with Gasteiger partial charge >= 0.3 is 11.9 Å². The number of nitrogens with two attached hydrogens (primary N) is 1. The molecule has 0 atom stereocenters. The van der Waals surface area contributed by atoms with Crippen LogP contribution in [0.15, 0.2) is 33.9 Å². The number of rotatable bonds is 11. The third-order valence-corrected chi connectivity index (χ3v) is 5.05. The van der Waals surface area contributed by atoms with E-state index in [1.807, 2.05) is 13.8 Å². The number of amides is 1. The summed E-state index contributed by atoms with van der Waals surface area (Å²) in [4.78, 5) is 41.1. The number of aromatic amines is 1. The van der Waals surface area contributed by atoms with Crippen molar-refractivity contribution in [3.8, 4) is 5.75 Å². The average molecular weight is 470 g/mol. The van der Waals surface area contributed by atoms with Gasteiger partial charge in [0, 0.05) is 13.1 Å². The van der Waals surface area contributed by atoms with Crippen molar-refractivity contribution in [1.82, 2.24) is 9.55 Å². The van der Waals surface area contributed by atoms with Gasteiger partial charge in [-0.3, -0.25) is 19.1 Å². The van der Waals surface area contributed by atoms with Crippen molar-refractivity contribution in [2.75, 3.05) is 23.8 Å². The van der Waals surface area contributed by atoms with Crippen LogP contribution in [0.5, 0.6) is 5.75 Å². The summed E-state index contributed by atoms with van der Waals surface area (Å²) >= 11 is 0. The van der Waals surface area contributed by atoms with Gasteiger partial charge in [0.25, 0.3) is 11.5 Å². The number of nitrogens with one attached hydrogen (secondary N) is 1. The molecule has 1 heterocycles. The Hall–Kier alpha value is -3.24. The lowest BCUT2D eigenvalue weighted by molar-refractivity contribution is -0.139. The number of alkyl halides is 3. The minimum Gasteiger partial charge on any atom is -0.483 e. The Bertz CT molecular complexity index is 1060. The number of nitrogen functional groups attached to an aromatic ring is 1. The van der Waals surface area contributed by atoms with Crippen LogP contribution in [0, 0.1) is 0 Å². The first-order valence-electron chi connectivity index (χ1n) is 10.8. The monoisotopic (exact) mass is 470 g/mol. The molecule has 0 bridgehead atoms. The zero-order chi connectivity index (χ0) is 24.6. The third-order valence-electron chi connectivity index (χ3n) is 5.05. The van der Waals surface area contributed by atoms with Gasteiger partial charge in [0.15, 0.2) is 12.3 Å². The van der Waals surface area contributed by atoms with Crippen LogP contribution in [-0.4, -0.2) is 28.6 Å². The van der Waals surface area contributed by atoms with Gasteiger partial charge in [-0.15, -0.1) is 0 Å². The number of nitrogens with zero attached hydrogens (tertiary/aromatic N) is 2. The van der Waals surface area contributed by atoms with E-state index in [2.05, 4.69) is 4.98 Å². The Morgan fingerprint density at radius 1 is 1.12 bits per heavy atom. The molecule has 0 saturated heterocycles. The van der Waals surface area contributed by atoms with E-state index < -0.39 is 41.3 Å². The number of aromatic nitrogens is 2. The van der Waals surface area contributed by atoms with Crippen LogP contribution < -0.4 is 26.6 Å². The Kier molecular flexibility index (Phi) is 9.12. The Balaban J connectivity index is 2.39. The van der Waals surface area contributed by atoms with Gasteiger partial charge in [0.2, 0.25) is 0 Å². The average Bonchev–Trinajstić information content (AvgIpc) is 2.75. The number of para-hydroxylation sites is 1. The molecule has 0 radical (unpaired) electrons. The number of carbonyl (C=O) groups excluding carboxylic acids is 1. The first kappa shape index (κ1) is 26.0. The molecule has 0 aliphatic heterocycles. The normalized spacial score (nSPS) is 11.4. The molecule has 0 aliphatic carbocycles. The van der Waals surface area contributed by atoms with E-state index in [4.69, 9.17) is 10.5 Å². The van der Waals surface area contributed by atoms with Gasteiger partial charge < -0.3 is 15.4 Å². The highest BCUT2D eigenvalue weighted by Gasteiger charge is 2.34. The van der Waals surface area contributed by atoms with Crippen molar-refractivity contribution in [3.05, 3.63) is 50.7 Å². The van der Waals surface area contributed by atoms with E-state index in [1.54, 1.807) is 0 Å². The highest BCUT2D eigenvalue weighted by atomic mass is 19.4. The molecular formula is C22H29F3N4O4. The predicted octanol–water partition coefficient (Wildman–Crippen LogP) is 3.54. The third kappa shape index (κ3) is 6.62. The van der Waals surface area contributed by atoms with Crippen LogP contribution in [0.4, 0.5) is 24.7 Å². The largest absolute Gasteiger partial charge is 0.483 e. The highest BCUT2D eigenvalue weighted by molar-refractivity contribution is 5.96. The maximum Gasteiger partial charge on any atom is 0.419 e. The van der Waals surface area contributed by atoms with Gasteiger partial charge in [-0.2, -0.15) is 13.2 Å². The number of carbonyl (C=O) groups is 1. The summed E-state index contributed by atoms with van der Waals surface area (Å²) < 4.78 is 46.0. The van der Waals surface area contributed by atoms with E-state index in [0.717, 1.165) is 36.3 Å². The van der Waals surface area contributed by atoms with E-state index >= 15 is 0 Å². The standard InChI is InChI=1S/C22H29F3N4O4/c1-3-5-9-13-28(18-19(26)29(12-6-4-2)21(32)27-20(18)31)17(30)14-33-16-11-8-7-10-15(16)22(23,24)25/h7-8,10-11H,3-6,9,12-14,26H2,1-2H3,(H,27,31,32). The summed E-state index contributed by atoms with van der Waals surface area (Å²) in [5.41, 5.74) is 3.36. The first-order valence-corrected chi connectivity index (χ1v) is 10.8. The van der Waals surface area contributed by atoms with Gasteiger partial charge in [-0.1, -0.05) is 45.2 Å². The van der Waals surface area contributed by atoms with Crippen LogP contribution in [0.25, 0.3) is 0 Å². The molecule has 0 saturated carbocycles. The second-order valence-corrected chi connectivity index (χ2v) is 7.53. The molecule has 1 amide bonds. The predicted molar refractivity (Wildman–Crippen MR) is 119 cm³/mol. The zero-order valence-electron chi connectivity index (χ0n) is 18.7. The van der Waals surface area contributed by atoms with E-state index in [9.17, 15) is 27.6 Å². The van der Waals surface area contributed by atoms with Crippen molar-refractivity contribution < 1.29 is 22.7 Å². The molecule has 11 heteroatoms. The van der Waals surface area contributed by atoms with Crippen molar-refractivity contribution in [1.29, 1.82) is 0 Å². The minimum absolute atomic E-state index is 0.0935. The molecule has 2 aromatic rings. The highest BCUT2D eigenvalue weighted by Crippen LogP contribution is 2.35. The van der Waals surface area contributed by atoms with E-state index in [0.29, 0.717) is 12.8 Å². The summed E-state index contributed by atoms with van der Waals surface area (Å²) in [7, 11) is 0. The Morgan fingerprint density at radius 2 is 1.79 bits per heavy atom.